The smallest absolute Gasteiger partial charge is 0.312 e. The fraction of sp³-hybridized carbons (Fsp3) is 0.154. The molecule has 110 valence electrons. The molecule has 0 saturated carbocycles. The van der Waals surface area contributed by atoms with Crippen LogP contribution in [-0.2, 0) is 0 Å². The van der Waals surface area contributed by atoms with Crippen LogP contribution in [0.5, 0.6) is 5.88 Å². The van der Waals surface area contributed by atoms with Gasteiger partial charge in [-0.1, -0.05) is 11.6 Å². The summed E-state index contributed by atoms with van der Waals surface area (Å²) in [7, 11) is 3.10. The van der Waals surface area contributed by atoms with Gasteiger partial charge >= 0.3 is 5.69 Å². The van der Waals surface area contributed by atoms with Crippen LogP contribution in [0.25, 0.3) is 11.1 Å². The highest BCUT2D eigenvalue weighted by molar-refractivity contribution is 6.30. The Morgan fingerprint density at radius 2 is 2.00 bits per heavy atom. The SMILES string of the molecule is CN(C)c1nc(O)c(-c2cc(Cl)ccc2F)cc1[N+](=O)[O-]. The first-order chi connectivity index (χ1) is 9.81. The number of rotatable bonds is 3. The first-order valence-electron chi connectivity index (χ1n) is 5.82. The minimum atomic E-state index is -0.664. The van der Waals surface area contributed by atoms with Crippen LogP contribution in [0.2, 0.25) is 5.02 Å². The van der Waals surface area contributed by atoms with Crippen molar-refractivity contribution in [2.24, 2.45) is 0 Å². The van der Waals surface area contributed by atoms with E-state index < -0.39 is 16.6 Å². The van der Waals surface area contributed by atoms with Crippen LogP contribution in [0.4, 0.5) is 15.9 Å². The summed E-state index contributed by atoms with van der Waals surface area (Å²) in [4.78, 5) is 15.6. The number of benzene rings is 1. The normalized spacial score (nSPS) is 10.5. The topological polar surface area (TPSA) is 79.5 Å². The molecule has 2 aromatic rings. The van der Waals surface area contributed by atoms with E-state index in [4.69, 9.17) is 11.6 Å². The molecule has 1 heterocycles. The minimum Gasteiger partial charge on any atom is -0.493 e. The Balaban J connectivity index is 2.73. The average Bonchev–Trinajstić information content (AvgIpc) is 2.41. The fourth-order valence-corrected chi connectivity index (χ4v) is 2.02. The van der Waals surface area contributed by atoms with E-state index in [1.807, 2.05) is 0 Å². The second-order valence-electron chi connectivity index (χ2n) is 4.48. The molecule has 0 amide bonds. The van der Waals surface area contributed by atoms with Crippen LogP contribution >= 0.6 is 11.6 Å². The Morgan fingerprint density at radius 1 is 1.33 bits per heavy atom. The summed E-state index contributed by atoms with van der Waals surface area (Å²) in [6.07, 6.45) is 0. The number of hydrogen-bond acceptors (Lipinski definition) is 5. The molecule has 2 rings (SSSR count). The lowest BCUT2D eigenvalue weighted by atomic mass is 10.1. The molecule has 21 heavy (non-hydrogen) atoms. The third-order valence-corrected chi connectivity index (χ3v) is 3.04. The van der Waals surface area contributed by atoms with Gasteiger partial charge in [-0.2, -0.15) is 4.98 Å². The maximum absolute atomic E-state index is 13.8. The minimum absolute atomic E-state index is 0.0244. The number of aromatic hydroxyl groups is 1. The van der Waals surface area contributed by atoms with Crippen LogP contribution in [-0.4, -0.2) is 29.1 Å². The van der Waals surface area contributed by atoms with Gasteiger partial charge in [0.15, 0.2) is 0 Å². The third kappa shape index (κ3) is 2.87. The Bertz CT molecular complexity index is 722. The zero-order chi connectivity index (χ0) is 15.7. The van der Waals surface area contributed by atoms with Crippen molar-refractivity contribution in [2.75, 3.05) is 19.0 Å². The molecule has 0 radical (unpaired) electrons. The van der Waals surface area contributed by atoms with Crippen molar-refractivity contribution in [1.29, 1.82) is 0 Å². The number of nitro groups is 1. The molecule has 6 nitrogen and oxygen atoms in total. The largest absolute Gasteiger partial charge is 0.493 e. The predicted octanol–water partition coefficient (Wildman–Crippen LogP) is 3.22. The number of nitrogens with zero attached hydrogens (tertiary/aromatic N) is 3. The summed E-state index contributed by atoms with van der Waals surface area (Å²) in [5, 5.41) is 21.3. The molecule has 1 aromatic heterocycles. The van der Waals surface area contributed by atoms with Gasteiger partial charge in [0.1, 0.15) is 5.82 Å². The molecule has 0 fully saturated rings. The molecule has 0 unspecified atom stereocenters. The van der Waals surface area contributed by atoms with E-state index in [-0.39, 0.29) is 27.7 Å². The van der Waals surface area contributed by atoms with E-state index in [9.17, 15) is 19.6 Å². The van der Waals surface area contributed by atoms with Crippen molar-refractivity contribution in [3.05, 3.63) is 45.2 Å². The molecule has 0 atom stereocenters. The quantitative estimate of drug-likeness (QED) is 0.695. The Labute approximate surface area is 124 Å². The van der Waals surface area contributed by atoms with Crippen LogP contribution < -0.4 is 4.90 Å². The van der Waals surface area contributed by atoms with Gasteiger partial charge in [0.2, 0.25) is 11.7 Å². The van der Waals surface area contributed by atoms with Gasteiger partial charge in [-0.25, -0.2) is 4.39 Å². The zero-order valence-electron chi connectivity index (χ0n) is 11.2. The van der Waals surface area contributed by atoms with Gasteiger partial charge in [0.05, 0.1) is 10.5 Å². The van der Waals surface area contributed by atoms with Crippen molar-refractivity contribution in [3.8, 4) is 17.0 Å². The Hall–Kier alpha value is -2.41. The Morgan fingerprint density at radius 3 is 2.57 bits per heavy atom. The Kier molecular flexibility index (Phi) is 3.95. The van der Waals surface area contributed by atoms with Crippen LogP contribution in [0.1, 0.15) is 0 Å². The maximum atomic E-state index is 13.8. The summed E-state index contributed by atoms with van der Waals surface area (Å²) in [6, 6.07) is 4.80. The van der Waals surface area contributed by atoms with Crippen LogP contribution in [0.3, 0.4) is 0 Å². The number of hydrogen-bond donors (Lipinski definition) is 1. The summed E-state index contributed by atoms with van der Waals surface area (Å²) < 4.78 is 13.8. The maximum Gasteiger partial charge on any atom is 0.312 e. The van der Waals surface area contributed by atoms with Gasteiger partial charge in [-0.05, 0) is 18.2 Å². The average molecular weight is 312 g/mol. The third-order valence-electron chi connectivity index (χ3n) is 2.80. The number of anilines is 1. The van der Waals surface area contributed by atoms with Gasteiger partial charge in [-0.15, -0.1) is 0 Å². The van der Waals surface area contributed by atoms with Crippen molar-refractivity contribution >= 4 is 23.1 Å². The standard InChI is InChI=1S/C13H11ClFN3O3/c1-17(2)12-11(18(20)21)6-9(13(19)16-12)8-5-7(14)3-4-10(8)15/h3-6H,1-2H3,(H,16,19). The summed E-state index contributed by atoms with van der Waals surface area (Å²) in [6.45, 7) is 0. The van der Waals surface area contributed by atoms with Gasteiger partial charge < -0.3 is 10.0 Å². The van der Waals surface area contributed by atoms with Crippen molar-refractivity contribution in [3.63, 3.8) is 0 Å². The molecular formula is C13H11ClFN3O3. The summed E-state index contributed by atoms with van der Waals surface area (Å²) >= 11 is 5.79. The van der Waals surface area contributed by atoms with E-state index in [1.165, 1.54) is 17.0 Å². The lowest BCUT2D eigenvalue weighted by Gasteiger charge is -2.14. The molecule has 1 N–H and O–H groups in total. The van der Waals surface area contributed by atoms with Gasteiger partial charge in [0.25, 0.3) is 0 Å². The van der Waals surface area contributed by atoms with Crippen molar-refractivity contribution in [2.45, 2.75) is 0 Å². The summed E-state index contributed by atoms with van der Waals surface area (Å²) in [5.41, 5.74) is -0.486. The second-order valence-corrected chi connectivity index (χ2v) is 4.91. The van der Waals surface area contributed by atoms with E-state index >= 15 is 0 Å². The molecule has 0 saturated heterocycles. The highest BCUT2D eigenvalue weighted by atomic mass is 35.5. The van der Waals surface area contributed by atoms with Gasteiger partial charge in [-0.3, -0.25) is 10.1 Å². The van der Waals surface area contributed by atoms with E-state index in [0.29, 0.717) is 0 Å². The molecule has 0 bridgehead atoms. The molecule has 0 aliphatic rings. The molecule has 0 aliphatic carbocycles. The van der Waals surface area contributed by atoms with Crippen molar-refractivity contribution in [1.82, 2.24) is 4.98 Å². The highest BCUT2D eigenvalue weighted by Gasteiger charge is 2.23. The molecule has 1 aromatic carbocycles. The van der Waals surface area contributed by atoms with Crippen LogP contribution in [0.15, 0.2) is 24.3 Å². The lowest BCUT2D eigenvalue weighted by Crippen LogP contribution is -2.13. The number of halogens is 2. The van der Waals surface area contributed by atoms with Gasteiger partial charge in [0, 0.05) is 30.7 Å². The lowest BCUT2D eigenvalue weighted by molar-refractivity contribution is -0.384. The number of pyridine rings is 1. The van der Waals surface area contributed by atoms with E-state index in [1.54, 1.807) is 14.1 Å². The van der Waals surface area contributed by atoms with E-state index in [2.05, 4.69) is 4.98 Å². The fourth-order valence-electron chi connectivity index (χ4n) is 1.85. The first-order valence-corrected chi connectivity index (χ1v) is 6.20. The highest BCUT2D eigenvalue weighted by Crippen LogP contribution is 2.37. The zero-order valence-corrected chi connectivity index (χ0v) is 11.9. The van der Waals surface area contributed by atoms with Crippen LogP contribution in [0, 0.1) is 15.9 Å². The van der Waals surface area contributed by atoms with Crippen molar-refractivity contribution < 1.29 is 14.4 Å². The second kappa shape index (κ2) is 5.53. The monoisotopic (exact) mass is 311 g/mol. The summed E-state index contributed by atoms with van der Waals surface area (Å²) in [5.74, 6) is -1.20. The molecule has 0 aliphatic heterocycles. The van der Waals surface area contributed by atoms with E-state index in [0.717, 1.165) is 12.1 Å². The number of aromatic nitrogens is 1. The molecular weight excluding hydrogens is 301 g/mol. The predicted molar refractivity (Wildman–Crippen MR) is 77.3 cm³/mol. The molecule has 0 spiro atoms. The molecule has 8 heteroatoms. The first kappa shape index (κ1) is 15.0.